The predicted molar refractivity (Wildman–Crippen MR) is 32.5 cm³/mol. The Morgan fingerprint density at radius 3 is 1.38 bits per heavy atom. The topological polar surface area (TPSA) is 40.5 Å². The second-order valence-corrected chi connectivity index (χ2v) is 1.88. The quantitative estimate of drug-likeness (QED) is 0.510. The molecule has 0 aromatic carbocycles. The zero-order chi connectivity index (χ0) is 6.57. The molecule has 0 rings (SSSR count). The number of aliphatic hydroxyl groups is 2. The van der Waals surface area contributed by atoms with Crippen LogP contribution >= 0.6 is 0 Å². The fourth-order valence-corrected chi connectivity index (χ4v) is 0.270. The van der Waals surface area contributed by atoms with Crippen LogP contribution < -0.4 is 0 Å². The van der Waals surface area contributed by atoms with Gasteiger partial charge in [0.2, 0.25) is 0 Å². The average molecular weight is 116 g/mol. The minimum Gasteiger partial charge on any atom is -0.392 e. The van der Waals surface area contributed by atoms with Gasteiger partial charge in [0.1, 0.15) is 0 Å². The maximum absolute atomic E-state index is 8.47. The van der Waals surface area contributed by atoms with Gasteiger partial charge in [-0.25, -0.2) is 0 Å². The van der Waals surface area contributed by atoms with Gasteiger partial charge in [-0.05, 0) is 25.0 Å². The summed E-state index contributed by atoms with van der Waals surface area (Å²) in [5.41, 5.74) is 1.71. The van der Waals surface area contributed by atoms with Crippen LogP contribution in [0.1, 0.15) is 13.8 Å². The van der Waals surface area contributed by atoms with Gasteiger partial charge in [-0.3, -0.25) is 0 Å². The summed E-state index contributed by atoms with van der Waals surface area (Å²) in [4.78, 5) is 0. The second kappa shape index (κ2) is 3.64. The Labute approximate surface area is 49.5 Å². The summed E-state index contributed by atoms with van der Waals surface area (Å²) in [7, 11) is 0. The third-order valence-electron chi connectivity index (χ3n) is 1.20. The maximum Gasteiger partial charge on any atom is 0.0642 e. The van der Waals surface area contributed by atoms with Crippen LogP contribution in [0.2, 0.25) is 0 Å². The number of hydrogen-bond donors (Lipinski definition) is 2. The Morgan fingerprint density at radius 1 is 1.00 bits per heavy atom. The van der Waals surface area contributed by atoms with Crippen molar-refractivity contribution < 1.29 is 10.2 Å². The number of aliphatic hydroxyl groups excluding tert-OH is 2. The molecular weight excluding hydrogens is 104 g/mol. The molecule has 0 aromatic rings. The molecule has 0 radical (unpaired) electrons. The summed E-state index contributed by atoms with van der Waals surface area (Å²) >= 11 is 0. The van der Waals surface area contributed by atoms with Gasteiger partial charge in [0.25, 0.3) is 0 Å². The van der Waals surface area contributed by atoms with Crippen LogP contribution in [0.15, 0.2) is 11.1 Å². The van der Waals surface area contributed by atoms with Crippen LogP contribution in [0.5, 0.6) is 0 Å². The van der Waals surface area contributed by atoms with Crippen molar-refractivity contribution in [2.45, 2.75) is 13.8 Å². The first-order valence-corrected chi connectivity index (χ1v) is 2.59. The SMILES string of the molecule is C/C(CO)=C(\C)CO. The van der Waals surface area contributed by atoms with Crippen LogP contribution in [0.3, 0.4) is 0 Å². The highest BCUT2D eigenvalue weighted by Crippen LogP contribution is 1.98. The van der Waals surface area contributed by atoms with Crippen LogP contribution in [0, 0.1) is 0 Å². The first kappa shape index (κ1) is 7.66. The Morgan fingerprint density at radius 2 is 1.25 bits per heavy atom. The Balaban J connectivity index is 3.83. The first-order valence-electron chi connectivity index (χ1n) is 2.59. The molecule has 0 bridgehead atoms. The molecule has 48 valence electrons. The molecule has 0 atom stereocenters. The van der Waals surface area contributed by atoms with E-state index < -0.39 is 0 Å². The standard InChI is InChI=1S/C6H12O2/c1-5(3-7)6(2)4-8/h7-8H,3-4H2,1-2H3/b6-5-. The molecule has 0 saturated heterocycles. The molecular formula is C6H12O2. The fraction of sp³-hybridized carbons (Fsp3) is 0.667. The summed E-state index contributed by atoms with van der Waals surface area (Å²) < 4.78 is 0. The fourth-order valence-electron chi connectivity index (χ4n) is 0.270. The van der Waals surface area contributed by atoms with E-state index in [1.165, 1.54) is 0 Å². The van der Waals surface area contributed by atoms with Gasteiger partial charge in [-0.1, -0.05) is 0 Å². The Hall–Kier alpha value is -0.340. The maximum atomic E-state index is 8.47. The van der Waals surface area contributed by atoms with Crippen LogP contribution in [0.4, 0.5) is 0 Å². The molecule has 0 unspecified atom stereocenters. The summed E-state index contributed by atoms with van der Waals surface area (Å²) in [6.45, 7) is 3.69. The van der Waals surface area contributed by atoms with Gasteiger partial charge >= 0.3 is 0 Å². The molecule has 0 fully saturated rings. The lowest BCUT2D eigenvalue weighted by molar-refractivity contribution is 0.311. The summed E-state index contributed by atoms with van der Waals surface area (Å²) in [6, 6.07) is 0. The molecule has 0 aromatic heterocycles. The van der Waals surface area contributed by atoms with Gasteiger partial charge < -0.3 is 10.2 Å². The highest BCUT2D eigenvalue weighted by atomic mass is 16.3. The molecule has 0 aliphatic rings. The summed E-state index contributed by atoms with van der Waals surface area (Å²) in [6.07, 6.45) is 0. The van der Waals surface area contributed by atoms with Crippen LogP contribution in [0.25, 0.3) is 0 Å². The zero-order valence-corrected chi connectivity index (χ0v) is 5.31. The van der Waals surface area contributed by atoms with Gasteiger partial charge in [0.05, 0.1) is 13.2 Å². The molecule has 0 amide bonds. The monoisotopic (exact) mass is 116 g/mol. The van der Waals surface area contributed by atoms with E-state index in [4.69, 9.17) is 10.2 Å². The summed E-state index contributed by atoms with van der Waals surface area (Å²) in [5, 5.41) is 16.9. The second-order valence-electron chi connectivity index (χ2n) is 1.88. The van der Waals surface area contributed by atoms with Crippen molar-refractivity contribution in [2.24, 2.45) is 0 Å². The molecule has 2 heteroatoms. The lowest BCUT2D eigenvalue weighted by Gasteiger charge is -1.98. The van der Waals surface area contributed by atoms with Crippen molar-refractivity contribution in [2.75, 3.05) is 13.2 Å². The molecule has 0 saturated carbocycles. The van der Waals surface area contributed by atoms with Crippen molar-refractivity contribution in [3.8, 4) is 0 Å². The van der Waals surface area contributed by atoms with Crippen molar-refractivity contribution in [3.05, 3.63) is 11.1 Å². The first-order chi connectivity index (χ1) is 3.72. The van der Waals surface area contributed by atoms with Crippen molar-refractivity contribution >= 4 is 0 Å². The molecule has 2 nitrogen and oxygen atoms in total. The van der Waals surface area contributed by atoms with Crippen molar-refractivity contribution in [3.63, 3.8) is 0 Å². The number of rotatable bonds is 2. The van der Waals surface area contributed by atoms with E-state index in [2.05, 4.69) is 0 Å². The highest BCUT2D eigenvalue weighted by molar-refractivity contribution is 5.09. The van der Waals surface area contributed by atoms with Gasteiger partial charge in [-0.15, -0.1) is 0 Å². The van der Waals surface area contributed by atoms with Crippen molar-refractivity contribution in [1.29, 1.82) is 0 Å². The van der Waals surface area contributed by atoms with Gasteiger partial charge in [-0.2, -0.15) is 0 Å². The molecule has 0 heterocycles. The summed E-state index contributed by atoms with van der Waals surface area (Å²) in [5.74, 6) is 0. The zero-order valence-electron chi connectivity index (χ0n) is 5.31. The van der Waals surface area contributed by atoms with Crippen molar-refractivity contribution in [1.82, 2.24) is 0 Å². The van der Waals surface area contributed by atoms with E-state index in [1.807, 2.05) is 0 Å². The van der Waals surface area contributed by atoms with E-state index in [1.54, 1.807) is 13.8 Å². The molecule has 0 spiro atoms. The van der Waals surface area contributed by atoms with Gasteiger partial charge in [0, 0.05) is 0 Å². The third kappa shape index (κ3) is 2.09. The molecule has 0 aliphatic heterocycles. The smallest absolute Gasteiger partial charge is 0.0642 e. The molecule has 0 aliphatic carbocycles. The largest absolute Gasteiger partial charge is 0.392 e. The lowest BCUT2D eigenvalue weighted by Crippen LogP contribution is -1.93. The Bertz CT molecular complexity index is 82.7. The average Bonchev–Trinajstić information content (AvgIpc) is 1.84. The third-order valence-corrected chi connectivity index (χ3v) is 1.20. The lowest BCUT2D eigenvalue weighted by atomic mass is 10.2. The van der Waals surface area contributed by atoms with E-state index >= 15 is 0 Å². The minimum atomic E-state index is 0.0480. The predicted octanol–water partition coefficient (Wildman–Crippen LogP) is 0.307. The van der Waals surface area contributed by atoms with Crippen LogP contribution in [-0.4, -0.2) is 23.4 Å². The van der Waals surface area contributed by atoms with Crippen LogP contribution in [-0.2, 0) is 0 Å². The minimum absolute atomic E-state index is 0.0480. The normalized spacial score (nSPS) is 13.5. The van der Waals surface area contributed by atoms with E-state index in [0.29, 0.717) is 0 Å². The van der Waals surface area contributed by atoms with E-state index in [-0.39, 0.29) is 13.2 Å². The van der Waals surface area contributed by atoms with Gasteiger partial charge in [0.15, 0.2) is 0 Å². The molecule has 2 N–H and O–H groups in total. The molecule has 8 heavy (non-hydrogen) atoms. The highest BCUT2D eigenvalue weighted by Gasteiger charge is 1.90. The van der Waals surface area contributed by atoms with E-state index in [0.717, 1.165) is 11.1 Å². The Kier molecular flexibility index (Phi) is 3.48. The van der Waals surface area contributed by atoms with E-state index in [9.17, 15) is 0 Å². The number of hydrogen-bond acceptors (Lipinski definition) is 2.